The summed E-state index contributed by atoms with van der Waals surface area (Å²) < 4.78 is 6.11. The molecule has 0 aromatic heterocycles. The lowest BCUT2D eigenvalue weighted by atomic mass is 10.1. The summed E-state index contributed by atoms with van der Waals surface area (Å²) in [5.74, 6) is -0.0104. The molecule has 2 heterocycles. The molecule has 26 heavy (non-hydrogen) atoms. The van der Waals surface area contributed by atoms with Gasteiger partial charge in [0, 0.05) is 63.8 Å². The molecular formula is C19H26BrN3O3. The number of benzene rings is 1. The van der Waals surface area contributed by atoms with Crippen LogP contribution in [-0.4, -0.2) is 79.5 Å². The van der Waals surface area contributed by atoms with E-state index in [0.29, 0.717) is 19.5 Å². The number of carbonyl (C=O) groups is 2. The van der Waals surface area contributed by atoms with Gasteiger partial charge in [-0.1, -0.05) is 28.1 Å². The van der Waals surface area contributed by atoms with E-state index < -0.39 is 0 Å². The molecule has 1 aromatic rings. The first-order valence-corrected chi connectivity index (χ1v) is 9.88. The van der Waals surface area contributed by atoms with Crippen LogP contribution in [0, 0.1) is 5.92 Å². The average Bonchev–Trinajstić information content (AvgIpc) is 3.00. The molecule has 0 saturated carbocycles. The number of carbonyl (C=O) groups excluding carboxylic acids is 2. The number of ether oxygens (including phenoxy) is 1. The number of amides is 2. The Labute approximate surface area is 163 Å². The van der Waals surface area contributed by atoms with E-state index in [9.17, 15) is 9.59 Å². The van der Waals surface area contributed by atoms with Crippen molar-refractivity contribution in [3.8, 4) is 0 Å². The number of hydrogen-bond acceptors (Lipinski definition) is 4. The maximum Gasteiger partial charge on any atom is 0.228 e. The third-order valence-corrected chi connectivity index (χ3v) is 5.62. The van der Waals surface area contributed by atoms with Gasteiger partial charge in [0.2, 0.25) is 11.8 Å². The first-order valence-electron chi connectivity index (χ1n) is 9.09. The average molecular weight is 424 g/mol. The summed E-state index contributed by atoms with van der Waals surface area (Å²) in [4.78, 5) is 31.2. The highest BCUT2D eigenvalue weighted by atomic mass is 79.9. The fraction of sp³-hybridized carbons (Fsp3) is 0.579. The van der Waals surface area contributed by atoms with Crippen molar-refractivity contribution in [1.82, 2.24) is 14.7 Å². The molecule has 2 amide bonds. The van der Waals surface area contributed by atoms with Crippen molar-refractivity contribution in [3.05, 3.63) is 34.3 Å². The normalized spacial score (nSPS) is 21.5. The molecule has 142 valence electrons. The summed E-state index contributed by atoms with van der Waals surface area (Å²) >= 11 is 3.46. The Bertz CT molecular complexity index is 647. The molecule has 7 heteroatoms. The Morgan fingerprint density at radius 1 is 1.27 bits per heavy atom. The van der Waals surface area contributed by atoms with Crippen molar-refractivity contribution < 1.29 is 14.3 Å². The van der Waals surface area contributed by atoms with E-state index >= 15 is 0 Å². The van der Waals surface area contributed by atoms with Crippen molar-refractivity contribution >= 4 is 27.7 Å². The molecule has 0 bridgehead atoms. The van der Waals surface area contributed by atoms with Crippen LogP contribution in [0.25, 0.3) is 0 Å². The molecule has 1 atom stereocenters. The van der Waals surface area contributed by atoms with E-state index in [1.54, 1.807) is 12.0 Å². The van der Waals surface area contributed by atoms with Crippen LogP contribution in [0.1, 0.15) is 12.0 Å². The second kappa shape index (κ2) is 8.97. The molecule has 1 aromatic carbocycles. The van der Waals surface area contributed by atoms with Crippen molar-refractivity contribution in [1.29, 1.82) is 0 Å². The Morgan fingerprint density at radius 2 is 2.04 bits per heavy atom. The Balaban J connectivity index is 1.51. The number of halogens is 1. The van der Waals surface area contributed by atoms with Gasteiger partial charge in [0.1, 0.15) is 0 Å². The monoisotopic (exact) mass is 423 g/mol. The summed E-state index contributed by atoms with van der Waals surface area (Å²) in [5, 5.41) is 0. The van der Waals surface area contributed by atoms with E-state index in [-0.39, 0.29) is 17.7 Å². The van der Waals surface area contributed by atoms with Gasteiger partial charge >= 0.3 is 0 Å². The van der Waals surface area contributed by atoms with Crippen LogP contribution in [0.5, 0.6) is 0 Å². The van der Waals surface area contributed by atoms with Crippen LogP contribution in [0.15, 0.2) is 28.7 Å². The second-order valence-corrected chi connectivity index (χ2v) is 7.88. The first kappa shape index (κ1) is 19.3. The van der Waals surface area contributed by atoms with Crippen LogP contribution in [0.3, 0.4) is 0 Å². The van der Waals surface area contributed by atoms with Crippen molar-refractivity contribution in [2.45, 2.75) is 13.0 Å². The van der Waals surface area contributed by atoms with E-state index in [4.69, 9.17) is 4.74 Å². The summed E-state index contributed by atoms with van der Waals surface area (Å²) in [6, 6.07) is 7.95. The van der Waals surface area contributed by atoms with Crippen LogP contribution in [0.2, 0.25) is 0 Å². The largest absolute Gasteiger partial charge is 0.383 e. The number of likely N-dealkylation sites (tertiary alicyclic amines) is 1. The molecule has 3 rings (SSSR count). The lowest BCUT2D eigenvalue weighted by molar-refractivity contribution is -0.137. The topological polar surface area (TPSA) is 53.1 Å². The molecule has 0 aliphatic carbocycles. The Morgan fingerprint density at radius 3 is 2.73 bits per heavy atom. The highest BCUT2D eigenvalue weighted by Crippen LogP contribution is 2.23. The summed E-state index contributed by atoms with van der Waals surface area (Å²) in [6.07, 6.45) is 0.330. The second-order valence-electron chi connectivity index (χ2n) is 6.96. The van der Waals surface area contributed by atoms with Gasteiger partial charge in [-0.2, -0.15) is 0 Å². The number of piperazine rings is 1. The molecule has 1 unspecified atom stereocenters. The predicted molar refractivity (Wildman–Crippen MR) is 103 cm³/mol. The third-order valence-electron chi connectivity index (χ3n) is 5.12. The summed E-state index contributed by atoms with van der Waals surface area (Å²) in [5.41, 5.74) is 1.08. The first-order chi connectivity index (χ1) is 12.6. The van der Waals surface area contributed by atoms with E-state index in [0.717, 1.165) is 49.4 Å². The minimum atomic E-state index is -0.208. The van der Waals surface area contributed by atoms with Crippen LogP contribution in [0.4, 0.5) is 0 Å². The fourth-order valence-electron chi connectivity index (χ4n) is 3.62. The van der Waals surface area contributed by atoms with Gasteiger partial charge in [0.15, 0.2) is 0 Å². The van der Waals surface area contributed by atoms with Crippen LogP contribution >= 0.6 is 15.9 Å². The minimum Gasteiger partial charge on any atom is -0.383 e. The number of rotatable bonds is 6. The van der Waals surface area contributed by atoms with Gasteiger partial charge in [0.05, 0.1) is 12.5 Å². The van der Waals surface area contributed by atoms with Crippen molar-refractivity contribution in [2.24, 2.45) is 5.92 Å². The number of nitrogens with zero attached hydrogens (tertiary/aromatic N) is 3. The molecule has 0 spiro atoms. The lowest BCUT2D eigenvalue weighted by Crippen LogP contribution is -2.51. The van der Waals surface area contributed by atoms with E-state index in [1.807, 2.05) is 29.2 Å². The highest BCUT2D eigenvalue weighted by Gasteiger charge is 2.37. The van der Waals surface area contributed by atoms with Crippen molar-refractivity contribution in [3.63, 3.8) is 0 Å². The molecular weight excluding hydrogens is 398 g/mol. The quantitative estimate of drug-likeness (QED) is 0.696. The third kappa shape index (κ3) is 4.84. The molecule has 2 saturated heterocycles. The van der Waals surface area contributed by atoms with Crippen LogP contribution < -0.4 is 0 Å². The van der Waals surface area contributed by atoms with Gasteiger partial charge in [-0.3, -0.25) is 14.5 Å². The Hall–Kier alpha value is -1.44. The van der Waals surface area contributed by atoms with Crippen molar-refractivity contribution in [2.75, 3.05) is 53.0 Å². The minimum absolute atomic E-state index is 0.0713. The predicted octanol–water partition coefficient (Wildman–Crippen LogP) is 1.59. The summed E-state index contributed by atoms with van der Waals surface area (Å²) in [7, 11) is 1.71. The smallest absolute Gasteiger partial charge is 0.228 e. The Kier molecular flexibility index (Phi) is 6.67. The maximum atomic E-state index is 12.8. The number of methoxy groups -OCH3 is 1. The molecule has 0 N–H and O–H groups in total. The zero-order valence-electron chi connectivity index (χ0n) is 15.2. The molecule has 2 fully saturated rings. The summed E-state index contributed by atoms with van der Waals surface area (Å²) in [6.45, 7) is 5.92. The zero-order valence-corrected chi connectivity index (χ0v) is 16.8. The molecule has 2 aliphatic rings. The van der Waals surface area contributed by atoms with Crippen LogP contribution in [-0.2, 0) is 20.9 Å². The van der Waals surface area contributed by atoms with E-state index in [2.05, 4.69) is 20.8 Å². The fourth-order valence-corrected chi connectivity index (χ4v) is 4.06. The van der Waals surface area contributed by atoms with E-state index in [1.165, 1.54) is 0 Å². The molecule has 6 nitrogen and oxygen atoms in total. The zero-order chi connectivity index (χ0) is 18.5. The lowest BCUT2D eigenvalue weighted by Gasteiger charge is -2.35. The molecule has 2 aliphatic heterocycles. The standard InChI is InChI=1S/C19H26BrN3O3/c1-26-10-9-21-5-7-22(8-6-21)19(25)16-12-18(24)23(14-16)13-15-3-2-4-17(20)11-15/h2-4,11,16H,5-10,12-14H2,1H3. The molecule has 0 radical (unpaired) electrons. The van der Waals surface area contributed by atoms with Gasteiger partial charge in [0.25, 0.3) is 0 Å². The van der Waals surface area contributed by atoms with Gasteiger partial charge in [-0.05, 0) is 17.7 Å². The number of hydrogen-bond donors (Lipinski definition) is 0. The van der Waals surface area contributed by atoms with Gasteiger partial charge in [-0.25, -0.2) is 0 Å². The maximum absolute atomic E-state index is 12.8. The SMILES string of the molecule is COCCN1CCN(C(=O)C2CC(=O)N(Cc3cccc(Br)c3)C2)CC1. The van der Waals surface area contributed by atoms with Gasteiger partial charge < -0.3 is 14.5 Å². The van der Waals surface area contributed by atoms with Gasteiger partial charge in [-0.15, -0.1) is 0 Å². The highest BCUT2D eigenvalue weighted by molar-refractivity contribution is 9.10.